The van der Waals surface area contributed by atoms with E-state index in [1.54, 1.807) is 13.3 Å². The van der Waals surface area contributed by atoms with Gasteiger partial charge in [-0.2, -0.15) is 0 Å². The number of aromatic nitrogens is 1. The predicted octanol–water partition coefficient (Wildman–Crippen LogP) is 6.84. The predicted molar refractivity (Wildman–Crippen MR) is 140 cm³/mol. The van der Waals surface area contributed by atoms with Gasteiger partial charge in [0.05, 0.1) is 19.2 Å². The summed E-state index contributed by atoms with van der Waals surface area (Å²) in [7, 11) is 1.60. The van der Waals surface area contributed by atoms with Crippen molar-refractivity contribution in [3.05, 3.63) is 78.5 Å². The molecular formula is C29H32N2O4. The fourth-order valence-electron chi connectivity index (χ4n) is 3.69. The number of anilines is 2. The van der Waals surface area contributed by atoms with Crippen LogP contribution >= 0.6 is 0 Å². The molecule has 0 aliphatic heterocycles. The average Bonchev–Trinajstić information content (AvgIpc) is 2.85. The van der Waals surface area contributed by atoms with Gasteiger partial charge in [0.1, 0.15) is 11.5 Å². The molecule has 0 radical (unpaired) electrons. The van der Waals surface area contributed by atoms with Crippen molar-refractivity contribution in [2.24, 2.45) is 0 Å². The average molecular weight is 473 g/mol. The first-order valence-electron chi connectivity index (χ1n) is 11.7. The monoisotopic (exact) mass is 472 g/mol. The van der Waals surface area contributed by atoms with Crippen molar-refractivity contribution in [2.75, 3.05) is 25.6 Å². The Morgan fingerprint density at radius 1 is 0.857 bits per heavy atom. The maximum Gasteiger partial charge on any atom is 0.163 e. The minimum absolute atomic E-state index is 0.0733. The fourth-order valence-corrected chi connectivity index (χ4v) is 3.69. The third kappa shape index (κ3) is 6.03. The number of aliphatic hydroxyl groups is 1. The summed E-state index contributed by atoms with van der Waals surface area (Å²) in [5, 5.41) is 13.3. The van der Waals surface area contributed by atoms with Gasteiger partial charge in [0, 0.05) is 42.1 Å². The molecule has 6 heteroatoms. The van der Waals surface area contributed by atoms with E-state index in [0.717, 1.165) is 22.3 Å². The van der Waals surface area contributed by atoms with Crippen molar-refractivity contribution in [3.8, 4) is 23.0 Å². The molecule has 0 spiro atoms. The maximum atomic E-state index is 9.00. The topological polar surface area (TPSA) is 72.8 Å². The van der Waals surface area contributed by atoms with E-state index in [0.29, 0.717) is 36.0 Å². The van der Waals surface area contributed by atoms with E-state index in [4.69, 9.17) is 19.3 Å². The second-order valence-electron chi connectivity index (χ2n) is 9.33. The molecule has 4 rings (SSSR count). The number of nitrogens with zero attached hydrogens (tertiary/aromatic N) is 1. The van der Waals surface area contributed by atoms with Gasteiger partial charge < -0.3 is 24.6 Å². The summed E-state index contributed by atoms with van der Waals surface area (Å²) in [6, 6.07) is 21.9. The molecule has 0 bridgehead atoms. The summed E-state index contributed by atoms with van der Waals surface area (Å²) in [6.45, 7) is 7.10. The molecule has 1 aromatic heterocycles. The molecule has 0 atom stereocenters. The number of pyridine rings is 1. The molecule has 182 valence electrons. The van der Waals surface area contributed by atoms with Crippen molar-refractivity contribution >= 4 is 22.3 Å². The van der Waals surface area contributed by atoms with Crippen LogP contribution in [-0.2, 0) is 5.41 Å². The summed E-state index contributed by atoms with van der Waals surface area (Å²) < 4.78 is 17.4. The van der Waals surface area contributed by atoms with Crippen LogP contribution in [0.25, 0.3) is 10.9 Å². The van der Waals surface area contributed by atoms with Gasteiger partial charge in [0.25, 0.3) is 0 Å². The number of methoxy groups -OCH3 is 1. The molecular weight excluding hydrogens is 440 g/mol. The van der Waals surface area contributed by atoms with E-state index in [9.17, 15) is 0 Å². The smallest absolute Gasteiger partial charge is 0.163 e. The molecule has 0 unspecified atom stereocenters. The zero-order chi connectivity index (χ0) is 24.8. The number of benzene rings is 3. The lowest BCUT2D eigenvalue weighted by Crippen LogP contribution is -2.10. The Labute approximate surface area is 206 Å². The highest BCUT2D eigenvalue weighted by Crippen LogP contribution is 2.37. The lowest BCUT2D eigenvalue weighted by Gasteiger charge is -2.19. The van der Waals surface area contributed by atoms with Crippen LogP contribution in [0, 0.1) is 0 Å². The van der Waals surface area contributed by atoms with Crippen molar-refractivity contribution in [1.29, 1.82) is 0 Å². The lowest BCUT2D eigenvalue weighted by molar-refractivity contribution is 0.228. The molecule has 0 saturated carbocycles. The van der Waals surface area contributed by atoms with Crippen molar-refractivity contribution in [2.45, 2.75) is 32.6 Å². The van der Waals surface area contributed by atoms with E-state index < -0.39 is 0 Å². The van der Waals surface area contributed by atoms with Gasteiger partial charge in [-0.15, -0.1) is 0 Å². The van der Waals surface area contributed by atoms with E-state index in [2.05, 4.69) is 55.3 Å². The van der Waals surface area contributed by atoms with Crippen molar-refractivity contribution < 1.29 is 19.3 Å². The summed E-state index contributed by atoms with van der Waals surface area (Å²) in [5.41, 5.74) is 4.19. The molecule has 35 heavy (non-hydrogen) atoms. The quantitative estimate of drug-likeness (QED) is 0.260. The van der Waals surface area contributed by atoms with Crippen LogP contribution in [0.5, 0.6) is 23.0 Å². The van der Waals surface area contributed by atoms with Gasteiger partial charge in [-0.1, -0.05) is 32.9 Å². The Balaban J connectivity index is 1.50. The summed E-state index contributed by atoms with van der Waals surface area (Å²) in [6.07, 6.45) is 2.25. The summed E-state index contributed by atoms with van der Waals surface area (Å²) >= 11 is 0. The second kappa shape index (κ2) is 10.7. The highest BCUT2D eigenvalue weighted by Gasteiger charge is 2.14. The van der Waals surface area contributed by atoms with E-state index >= 15 is 0 Å². The highest BCUT2D eigenvalue weighted by molar-refractivity contribution is 5.88. The Bertz CT molecular complexity index is 1260. The minimum Gasteiger partial charge on any atom is -0.493 e. The SMILES string of the molecule is COc1cc2c(Oc3ccc(Nc4ccc(C(C)(C)C)cc4)cc3)ccnc2cc1OCCCO. The van der Waals surface area contributed by atoms with Gasteiger partial charge in [0.2, 0.25) is 0 Å². The molecule has 0 fully saturated rings. The zero-order valence-corrected chi connectivity index (χ0v) is 20.7. The largest absolute Gasteiger partial charge is 0.493 e. The molecule has 0 aliphatic carbocycles. The Kier molecular flexibility index (Phi) is 7.42. The van der Waals surface area contributed by atoms with E-state index in [1.165, 1.54) is 5.56 Å². The molecule has 0 amide bonds. The van der Waals surface area contributed by atoms with Gasteiger partial charge in [-0.25, -0.2) is 0 Å². The molecule has 1 heterocycles. The van der Waals surface area contributed by atoms with Crippen LogP contribution in [-0.4, -0.2) is 30.4 Å². The van der Waals surface area contributed by atoms with Crippen LogP contribution in [0.2, 0.25) is 0 Å². The number of hydrogen-bond acceptors (Lipinski definition) is 6. The third-order valence-electron chi connectivity index (χ3n) is 5.67. The second-order valence-corrected chi connectivity index (χ2v) is 9.33. The minimum atomic E-state index is 0.0733. The van der Waals surface area contributed by atoms with Gasteiger partial charge in [0.15, 0.2) is 11.5 Å². The molecule has 2 N–H and O–H groups in total. The fraction of sp³-hybridized carbons (Fsp3) is 0.276. The first-order valence-corrected chi connectivity index (χ1v) is 11.7. The Morgan fingerprint density at radius 2 is 1.54 bits per heavy atom. The van der Waals surface area contributed by atoms with Gasteiger partial charge in [-0.3, -0.25) is 4.98 Å². The number of rotatable bonds is 9. The molecule has 3 aromatic carbocycles. The number of aliphatic hydroxyl groups excluding tert-OH is 1. The number of hydrogen-bond donors (Lipinski definition) is 2. The summed E-state index contributed by atoms with van der Waals surface area (Å²) in [5.74, 6) is 2.57. The summed E-state index contributed by atoms with van der Waals surface area (Å²) in [4.78, 5) is 4.46. The maximum absolute atomic E-state index is 9.00. The molecule has 4 aromatic rings. The number of ether oxygens (including phenoxy) is 3. The van der Waals surface area contributed by atoms with Gasteiger partial charge >= 0.3 is 0 Å². The lowest BCUT2D eigenvalue weighted by atomic mass is 9.87. The Morgan fingerprint density at radius 3 is 2.17 bits per heavy atom. The molecule has 0 saturated heterocycles. The first-order chi connectivity index (χ1) is 16.9. The van der Waals surface area contributed by atoms with Crippen LogP contribution in [0.4, 0.5) is 11.4 Å². The number of nitrogens with one attached hydrogen (secondary N) is 1. The zero-order valence-electron chi connectivity index (χ0n) is 20.7. The van der Waals surface area contributed by atoms with Crippen molar-refractivity contribution in [1.82, 2.24) is 4.98 Å². The van der Waals surface area contributed by atoms with E-state index in [1.807, 2.05) is 42.5 Å². The van der Waals surface area contributed by atoms with Crippen LogP contribution in [0.15, 0.2) is 72.9 Å². The first kappa shape index (κ1) is 24.4. The third-order valence-corrected chi connectivity index (χ3v) is 5.67. The van der Waals surface area contributed by atoms with Crippen LogP contribution in [0.1, 0.15) is 32.8 Å². The standard InChI is InChI=1S/C29H32N2O4/c1-29(2,3)20-6-8-21(9-7-20)31-22-10-12-23(13-11-22)35-26-14-15-30-25-19-28(34-17-5-16-32)27(33-4)18-24(25)26/h6-15,18-19,31-32H,5,16-17H2,1-4H3. The van der Waals surface area contributed by atoms with Crippen LogP contribution < -0.4 is 19.5 Å². The Hall–Kier alpha value is -3.77. The molecule has 6 nitrogen and oxygen atoms in total. The molecule has 0 aliphatic rings. The highest BCUT2D eigenvalue weighted by atomic mass is 16.5. The normalized spacial score (nSPS) is 11.3. The van der Waals surface area contributed by atoms with E-state index in [-0.39, 0.29) is 12.0 Å². The number of fused-ring (bicyclic) bond motifs is 1. The van der Waals surface area contributed by atoms with Crippen molar-refractivity contribution in [3.63, 3.8) is 0 Å². The van der Waals surface area contributed by atoms with Gasteiger partial charge in [-0.05, 0) is 59.5 Å². The van der Waals surface area contributed by atoms with Crippen LogP contribution in [0.3, 0.4) is 0 Å².